The maximum atomic E-state index is 12.0. The summed E-state index contributed by atoms with van der Waals surface area (Å²) in [6.45, 7) is 1.86. The third kappa shape index (κ3) is 2.87. The normalized spacial score (nSPS) is 10.1. The molecule has 2 rings (SSSR count). The van der Waals surface area contributed by atoms with Crippen LogP contribution in [0.5, 0.6) is 0 Å². The number of hydrogen-bond acceptors (Lipinski definition) is 3. The Morgan fingerprint density at radius 2 is 2.11 bits per heavy atom. The molecular formula is C13H12BrN3O. The highest BCUT2D eigenvalue weighted by Gasteiger charge is 2.10. The quantitative estimate of drug-likeness (QED) is 0.838. The first-order valence-electron chi connectivity index (χ1n) is 5.35. The van der Waals surface area contributed by atoms with Crippen LogP contribution in [-0.2, 0) is 0 Å². The van der Waals surface area contributed by atoms with Gasteiger partial charge in [0.15, 0.2) is 0 Å². The molecule has 1 aromatic carbocycles. The summed E-state index contributed by atoms with van der Waals surface area (Å²) >= 11 is 3.30. The van der Waals surface area contributed by atoms with Crippen LogP contribution in [0.3, 0.4) is 0 Å². The number of carbonyl (C=O) groups excluding carboxylic acids is 1. The molecule has 2 aromatic rings. The van der Waals surface area contributed by atoms with E-state index < -0.39 is 0 Å². The molecule has 1 aromatic heterocycles. The number of amides is 1. The summed E-state index contributed by atoms with van der Waals surface area (Å²) < 4.78 is 0.844. The molecule has 4 nitrogen and oxygen atoms in total. The van der Waals surface area contributed by atoms with E-state index in [2.05, 4.69) is 26.2 Å². The van der Waals surface area contributed by atoms with Gasteiger partial charge in [0, 0.05) is 27.7 Å². The van der Waals surface area contributed by atoms with Crippen molar-refractivity contribution in [1.29, 1.82) is 0 Å². The van der Waals surface area contributed by atoms with Crippen LogP contribution in [-0.4, -0.2) is 10.9 Å². The van der Waals surface area contributed by atoms with E-state index in [1.165, 1.54) is 0 Å². The van der Waals surface area contributed by atoms with Gasteiger partial charge in [-0.2, -0.15) is 0 Å². The molecule has 0 saturated carbocycles. The SMILES string of the molecule is Cc1cc(NC(=O)c2ccc(Br)cc2N)ccn1. The third-order valence-electron chi connectivity index (χ3n) is 2.41. The first kappa shape index (κ1) is 12.6. The van der Waals surface area contributed by atoms with Crippen LogP contribution in [0.15, 0.2) is 41.0 Å². The van der Waals surface area contributed by atoms with Crippen molar-refractivity contribution in [3.05, 3.63) is 52.3 Å². The maximum Gasteiger partial charge on any atom is 0.257 e. The van der Waals surface area contributed by atoms with Gasteiger partial charge in [-0.15, -0.1) is 0 Å². The fourth-order valence-electron chi connectivity index (χ4n) is 1.56. The number of halogens is 1. The van der Waals surface area contributed by atoms with Gasteiger partial charge >= 0.3 is 0 Å². The fourth-order valence-corrected chi connectivity index (χ4v) is 1.94. The molecule has 0 aliphatic heterocycles. The second-order valence-corrected chi connectivity index (χ2v) is 4.79. The highest BCUT2D eigenvalue weighted by atomic mass is 79.9. The predicted molar refractivity (Wildman–Crippen MR) is 75.5 cm³/mol. The molecule has 0 aliphatic carbocycles. The van der Waals surface area contributed by atoms with Gasteiger partial charge in [-0.25, -0.2) is 0 Å². The van der Waals surface area contributed by atoms with Crippen molar-refractivity contribution in [1.82, 2.24) is 4.98 Å². The summed E-state index contributed by atoms with van der Waals surface area (Å²) in [5, 5.41) is 2.79. The molecule has 0 aliphatic rings. The van der Waals surface area contributed by atoms with Gasteiger partial charge in [-0.1, -0.05) is 15.9 Å². The lowest BCUT2D eigenvalue weighted by molar-refractivity contribution is 0.102. The number of aryl methyl sites for hydroxylation is 1. The zero-order valence-corrected chi connectivity index (χ0v) is 11.4. The average molecular weight is 306 g/mol. The largest absolute Gasteiger partial charge is 0.398 e. The summed E-state index contributed by atoms with van der Waals surface area (Å²) in [5.41, 5.74) is 8.24. The Morgan fingerprint density at radius 1 is 1.33 bits per heavy atom. The second kappa shape index (κ2) is 5.18. The summed E-state index contributed by atoms with van der Waals surface area (Å²) in [6, 6.07) is 8.70. The molecule has 92 valence electrons. The summed E-state index contributed by atoms with van der Waals surface area (Å²) in [5.74, 6) is -0.231. The molecule has 5 heteroatoms. The first-order valence-corrected chi connectivity index (χ1v) is 6.14. The lowest BCUT2D eigenvalue weighted by Crippen LogP contribution is -2.14. The van der Waals surface area contributed by atoms with Crippen molar-refractivity contribution in [2.75, 3.05) is 11.1 Å². The molecule has 0 radical (unpaired) electrons. The Hall–Kier alpha value is -1.88. The van der Waals surface area contributed by atoms with E-state index >= 15 is 0 Å². The molecule has 0 saturated heterocycles. The number of hydrogen-bond donors (Lipinski definition) is 2. The Morgan fingerprint density at radius 3 is 2.78 bits per heavy atom. The summed E-state index contributed by atoms with van der Waals surface area (Å²) in [7, 11) is 0. The molecule has 1 amide bonds. The number of anilines is 2. The summed E-state index contributed by atoms with van der Waals surface area (Å²) in [4.78, 5) is 16.1. The molecule has 18 heavy (non-hydrogen) atoms. The minimum Gasteiger partial charge on any atom is -0.398 e. The molecule has 0 bridgehead atoms. The van der Waals surface area contributed by atoms with Gasteiger partial charge in [-0.05, 0) is 37.3 Å². The third-order valence-corrected chi connectivity index (χ3v) is 2.91. The molecule has 0 spiro atoms. The number of nitrogens with zero attached hydrogens (tertiary/aromatic N) is 1. The molecule has 1 heterocycles. The fraction of sp³-hybridized carbons (Fsp3) is 0.0769. The lowest BCUT2D eigenvalue weighted by Gasteiger charge is -2.08. The van der Waals surface area contributed by atoms with Crippen LogP contribution in [0, 0.1) is 6.92 Å². The van der Waals surface area contributed by atoms with Crippen molar-refractivity contribution < 1.29 is 4.79 Å². The molecule has 0 atom stereocenters. The van der Waals surface area contributed by atoms with E-state index in [9.17, 15) is 4.79 Å². The Balaban J connectivity index is 2.22. The number of aromatic nitrogens is 1. The minimum absolute atomic E-state index is 0.231. The van der Waals surface area contributed by atoms with Gasteiger partial charge in [0.25, 0.3) is 5.91 Å². The minimum atomic E-state index is -0.231. The van der Waals surface area contributed by atoms with Crippen molar-refractivity contribution in [2.45, 2.75) is 6.92 Å². The Bertz CT molecular complexity index is 599. The molecule has 0 unspecified atom stereocenters. The zero-order valence-electron chi connectivity index (χ0n) is 9.77. The topological polar surface area (TPSA) is 68.0 Å². The molecule has 3 N–H and O–H groups in total. The number of nitrogens with one attached hydrogen (secondary N) is 1. The average Bonchev–Trinajstić information content (AvgIpc) is 2.28. The Labute approximate surface area is 113 Å². The number of benzene rings is 1. The van der Waals surface area contributed by atoms with E-state index in [0.29, 0.717) is 16.9 Å². The van der Waals surface area contributed by atoms with E-state index in [4.69, 9.17) is 5.73 Å². The number of carbonyl (C=O) groups is 1. The molecule has 0 fully saturated rings. The van der Waals surface area contributed by atoms with Crippen molar-refractivity contribution >= 4 is 33.2 Å². The van der Waals surface area contributed by atoms with Crippen LogP contribution in [0.2, 0.25) is 0 Å². The van der Waals surface area contributed by atoms with Crippen LogP contribution in [0.1, 0.15) is 16.1 Å². The van der Waals surface area contributed by atoms with Crippen LogP contribution in [0.4, 0.5) is 11.4 Å². The van der Waals surface area contributed by atoms with Crippen molar-refractivity contribution in [3.8, 4) is 0 Å². The lowest BCUT2D eigenvalue weighted by atomic mass is 10.1. The molecular weight excluding hydrogens is 294 g/mol. The van der Waals surface area contributed by atoms with Crippen LogP contribution in [0.25, 0.3) is 0 Å². The highest BCUT2D eigenvalue weighted by molar-refractivity contribution is 9.10. The highest BCUT2D eigenvalue weighted by Crippen LogP contribution is 2.19. The van der Waals surface area contributed by atoms with E-state index in [1.54, 1.807) is 36.5 Å². The standard InChI is InChI=1S/C13H12BrN3O/c1-8-6-10(4-5-16-8)17-13(18)11-3-2-9(14)7-12(11)15/h2-7H,15H2,1H3,(H,16,17,18). The van der Waals surface area contributed by atoms with Crippen LogP contribution >= 0.6 is 15.9 Å². The first-order chi connectivity index (χ1) is 8.56. The number of rotatable bonds is 2. The van der Waals surface area contributed by atoms with E-state index in [1.807, 2.05) is 6.92 Å². The monoisotopic (exact) mass is 305 g/mol. The van der Waals surface area contributed by atoms with Gasteiger partial charge in [0.1, 0.15) is 0 Å². The van der Waals surface area contributed by atoms with Gasteiger partial charge < -0.3 is 11.1 Å². The number of nitrogens with two attached hydrogens (primary N) is 1. The van der Waals surface area contributed by atoms with E-state index in [0.717, 1.165) is 10.2 Å². The van der Waals surface area contributed by atoms with Crippen LogP contribution < -0.4 is 11.1 Å². The Kier molecular flexibility index (Phi) is 3.62. The van der Waals surface area contributed by atoms with E-state index in [-0.39, 0.29) is 5.91 Å². The smallest absolute Gasteiger partial charge is 0.257 e. The maximum absolute atomic E-state index is 12.0. The second-order valence-electron chi connectivity index (χ2n) is 3.87. The van der Waals surface area contributed by atoms with Crippen molar-refractivity contribution in [3.63, 3.8) is 0 Å². The number of nitrogen functional groups attached to an aromatic ring is 1. The zero-order chi connectivity index (χ0) is 13.1. The van der Waals surface area contributed by atoms with Gasteiger partial charge in [0.05, 0.1) is 5.56 Å². The van der Waals surface area contributed by atoms with Gasteiger partial charge in [-0.3, -0.25) is 9.78 Å². The summed E-state index contributed by atoms with van der Waals surface area (Å²) in [6.07, 6.45) is 1.65. The van der Waals surface area contributed by atoms with Gasteiger partial charge in [0.2, 0.25) is 0 Å². The predicted octanol–water partition coefficient (Wildman–Crippen LogP) is 2.99. The van der Waals surface area contributed by atoms with Crippen molar-refractivity contribution in [2.24, 2.45) is 0 Å². The number of pyridine rings is 1.